The zero-order valence-electron chi connectivity index (χ0n) is 18.9. The van der Waals surface area contributed by atoms with Gasteiger partial charge in [-0.2, -0.15) is 5.26 Å². The number of anilines is 1. The molecule has 0 bridgehead atoms. The van der Waals surface area contributed by atoms with Crippen LogP contribution in [0.5, 0.6) is 11.6 Å². The number of aromatic amines is 1. The van der Waals surface area contributed by atoms with E-state index < -0.39 is 10.8 Å². The molecule has 0 radical (unpaired) electrons. The summed E-state index contributed by atoms with van der Waals surface area (Å²) < 4.78 is 16.3. The van der Waals surface area contributed by atoms with Crippen LogP contribution < -0.4 is 20.1 Å². The van der Waals surface area contributed by atoms with Gasteiger partial charge in [0.05, 0.1) is 42.4 Å². The van der Waals surface area contributed by atoms with Crippen LogP contribution in [0.25, 0.3) is 11.3 Å². The Morgan fingerprint density at radius 2 is 2.00 bits per heavy atom. The van der Waals surface area contributed by atoms with Gasteiger partial charge in [-0.05, 0) is 35.9 Å². The predicted molar refractivity (Wildman–Crippen MR) is 126 cm³/mol. The normalized spacial score (nSPS) is 17.4. The van der Waals surface area contributed by atoms with Crippen molar-refractivity contribution >= 4 is 11.4 Å². The Hall–Kier alpha value is -4.56. The van der Waals surface area contributed by atoms with Crippen molar-refractivity contribution in [1.29, 1.82) is 5.26 Å². The van der Waals surface area contributed by atoms with E-state index in [1.165, 1.54) is 6.07 Å². The van der Waals surface area contributed by atoms with E-state index in [2.05, 4.69) is 16.3 Å². The Kier molecular flexibility index (Phi) is 5.72. The summed E-state index contributed by atoms with van der Waals surface area (Å²) in [7, 11) is 1.58. The zero-order chi connectivity index (χ0) is 24.5. The number of nitriles is 1. The standard InChI is InChI=1S/C24H22N6O5/c1-33-16-5-2-14(3-6-16)22-21-20(17(13-25)23(26)35-24(21)28-27-22)15-4-7-18(19(12-15)30(31)32)29-8-10-34-11-9-29/h2-7,12,20H,8-11,26H2,1H3,(H,27,28). The highest BCUT2D eigenvalue weighted by Gasteiger charge is 2.37. The van der Waals surface area contributed by atoms with Crippen LogP contribution in [0.15, 0.2) is 53.9 Å². The van der Waals surface area contributed by atoms with Crippen LogP contribution in [0.1, 0.15) is 17.0 Å². The molecule has 1 fully saturated rings. The van der Waals surface area contributed by atoms with Crippen molar-refractivity contribution < 1.29 is 19.1 Å². The molecule has 3 heterocycles. The summed E-state index contributed by atoms with van der Waals surface area (Å²) in [6.45, 7) is 2.11. The fourth-order valence-corrected chi connectivity index (χ4v) is 4.49. The number of nitrogens with one attached hydrogen (secondary N) is 1. The van der Waals surface area contributed by atoms with Gasteiger partial charge in [0, 0.05) is 24.7 Å². The lowest BCUT2D eigenvalue weighted by Gasteiger charge is -2.29. The van der Waals surface area contributed by atoms with Crippen molar-refractivity contribution in [2.75, 3.05) is 38.3 Å². The number of methoxy groups -OCH3 is 1. The lowest BCUT2D eigenvalue weighted by atomic mass is 9.82. The van der Waals surface area contributed by atoms with Crippen LogP contribution in [0.4, 0.5) is 11.4 Å². The van der Waals surface area contributed by atoms with E-state index in [1.807, 2.05) is 17.0 Å². The fraction of sp³-hybridized carbons (Fsp3) is 0.250. The topological polar surface area (TPSA) is 153 Å². The number of nitro groups is 1. The number of hydrogen-bond acceptors (Lipinski definition) is 9. The number of hydrogen-bond donors (Lipinski definition) is 2. The number of rotatable bonds is 5. The minimum absolute atomic E-state index is 0.0530. The number of nitro benzene ring substituents is 1. The first-order chi connectivity index (χ1) is 17.0. The minimum Gasteiger partial charge on any atom is -0.497 e. The van der Waals surface area contributed by atoms with Crippen molar-refractivity contribution in [2.45, 2.75) is 5.92 Å². The molecular weight excluding hydrogens is 452 g/mol. The van der Waals surface area contributed by atoms with Crippen molar-refractivity contribution in [3.63, 3.8) is 0 Å². The molecule has 0 aliphatic carbocycles. The third-order valence-electron chi connectivity index (χ3n) is 6.20. The molecular formula is C24H22N6O5. The lowest BCUT2D eigenvalue weighted by molar-refractivity contribution is -0.384. The average molecular weight is 474 g/mol. The number of fused-ring (bicyclic) bond motifs is 1. The summed E-state index contributed by atoms with van der Waals surface area (Å²) in [5.74, 6) is 0.109. The molecule has 2 aliphatic rings. The number of H-pyrrole nitrogens is 1. The SMILES string of the molecule is COc1ccc(-c2[nH]nc3c2C(c2ccc(N4CCOCC4)c([N+](=O)[O-])c2)C(C#N)=C(N)O3)cc1. The van der Waals surface area contributed by atoms with E-state index in [-0.39, 0.29) is 23.0 Å². The van der Waals surface area contributed by atoms with Gasteiger partial charge in [-0.15, -0.1) is 5.10 Å². The molecule has 0 saturated carbocycles. The first kappa shape index (κ1) is 22.2. The van der Waals surface area contributed by atoms with E-state index in [1.54, 1.807) is 31.4 Å². The largest absolute Gasteiger partial charge is 0.497 e. The highest BCUT2D eigenvalue weighted by atomic mass is 16.6. The molecule has 11 heteroatoms. The lowest BCUT2D eigenvalue weighted by Crippen LogP contribution is -2.36. The molecule has 1 saturated heterocycles. The summed E-state index contributed by atoms with van der Waals surface area (Å²) in [5, 5.41) is 29.2. The second kappa shape index (κ2) is 9.00. The van der Waals surface area contributed by atoms with Gasteiger partial charge in [0.2, 0.25) is 11.8 Å². The number of aromatic nitrogens is 2. The second-order valence-corrected chi connectivity index (χ2v) is 8.08. The molecule has 35 heavy (non-hydrogen) atoms. The van der Waals surface area contributed by atoms with Crippen LogP contribution in [0.2, 0.25) is 0 Å². The summed E-state index contributed by atoms with van der Waals surface area (Å²) in [6, 6.07) is 14.4. The summed E-state index contributed by atoms with van der Waals surface area (Å²) in [4.78, 5) is 13.6. The van der Waals surface area contributed by atoms with Gasteiger partial charge in [0.15, 0.2) is 0 Å². The Labute approximate surface area is 200 Å². The Morgan fingerprint density at radius 3 is 2.66 bits per heavy atom. The maximum atomic E-state index is 12.1. The maximum absolute atomic E-state index is 12.1. The monoisotopic (exact) mass is 474 g/mol. The third-order valence-corrected chi connectivity index (χ3v) is 6.20. The first-order valence-electron chi connectivity index (χ1n) is 10.9. The zero-order valence-corrected chi connectivity index (χ0v) is 18.9. The molecule has 2 aliphatic heterocycles. The third kappa shape index (κ3) is 3.89. The Balaban J connectivity index is 1.65. The number of morpholine rings is 1. The minimum atomic E-state index is -0.711. The molecule has 5 rings (SSSR count). The van der Waals surface area contributed by atoms with Crippen molar-refractivity contribution in [3.8, 4) is 29.0 Å². The van der Waals surface area contributed by atoms with Gasteiger partial charge in [0.1, 0.15) is 23.1 Å². The highest BCUT2D eigenvalue weighted by molar-refractivity contribution is 5.73. The van der Waals surface area contributed by atoms with Crippen molar-refractivity contribution in [1.82, 2.24) is 10.2 Å². The number of nitrogens with two attached hydrogens (primary N) is 1. The van der Waals surface area contributed by atoms with Crippen LogP contribution in [-0.4, -0.2) is 48.5 Å². The van der Waals surface area contributed by atoms with Crippen LogP contribution in [-0.2, 0) is 4.74 Å². The molecule has 3 N–H and O–H groups in total. The van der Waals surface area contributed by atoms with Gasteiger partial charge in [0.25, 0.3) is 5.69 Å². The van der Waals surface area contributed by atoms with E-state index >= 15 is 0 Å². The number of nitrogens with zero attached hydrogens (tertiary/aromatic N) is 4. The molecule has 1 aromatic heterocycles. The predicted octanol–water partition coefficient (Wildman–Crippen LogP) is 3.05. The van der Waals surface area contributed by atoms with Gasteiger partial charge >= 0.3 is 0 Å². The highest BCUT2D eigenvalue weighted by Crippen LogP contribution is 2.47. The van der Waals surface area contributed by atoms with Crippen LogP contribution in [0.3, 0.4) is 0 Å². The van der Waals surface area contributed by atoms with Gasteiger partial charge in [-0.1, -0.05) is 6.07 Å². The molecule has 0 amide bonds. The summed E-state index contributed by atoms with van der Waals surface area (Å²) in [6.07, 6.45) is 0. The molecule has 0 spiro atoms. The average Bonchev–Trinajstić information content (AvgIpc) is 3.31. The molecule has 178 valence electrons. The molecule has 1 unspecified atom stereocenters. The van der Waals surface area contributed by atoms with Gasteiger partial charge < -0.3 is 24.8 Å². The molecule has 3 aromatic rings. The molecule has 1 atom stereocenters. The first-order valence-corrected chi connectivity index (χ1v) is 10.9. The van der Waals surface area contributed by atoms with Crippen LogP contribution in [0, 0.1) is 21.4 Å². The van der Waals surface area contributed by atoms with Crippen LogP contribution >= 0.6 is 0 Å². The van der Waals surface area contributed by atoms with E-state index in [0.29, 0.717) is 54.6 Å². The Morgan fingerprint density at radius 1 is 1.26 bits per heavy atom. The number of allylic oxidation sites excluding steroid dienone is 1. The maximum Gasteiger partial charge on any atom is 0.292 e. The fourth-order valence-electron chi connectivity index (χ4n) is 4.49. The molecule has 2 aromatic carbocycles. The second-order valence-electron chi connectivity index (χ2n) is 8.08. The van der Waals surface area contributed by atoms with E-state index in [0.717, 1.165) is 5.56 Å². The molecule has 11 nitrogen and oxygen atoms in total. The van der Waals surface area contributed by atoms with Crippen molar-refractivity contribution in [2.24, 2.45) is 5.73 Å². The summed E-state index contributed by atoms with van der Waals surface area (Å²) in [5.41, 5.74) is 9.19. The Bertz CT molecular complexity index is 1350. The van der Waals surface area contributed by atoms with E-state index in [4.69, 9.17) is 19.9 Å². The quantitative estimate of drug-likeness (QED) is 0.419. The van der Waals surface area contributed by atoms with Crippen molar-refractivity contribution in [3.05, 3.63) is 75.2 Å². The van der Waals surface area contributed by atoms with Gasteiger partial charge in [-0.25, -0.2) is 0 Å². The van der Waals surface area contributed by atoms with Gasteiger partial charge in [-0.3, -0.25) is 15.2 Å². The van der Waals surface area contributed by atoms with E-state index in [9.17, 15) is 15.4 Å². The summed E-state index contributed by atoms with van der Waals surface area (Å²) >= 11 is 0. The smallest absolute Gasteiger partial charge is 0.292 e. The number of ether oxygens (including phenoxy) is 3. The number of benzene rings is 2.